The van der Waals surface area contributed by atoms with E-state index < -0.39 is 0 Å². The van der Waals surface area contributed by atoms with E-state index >= 15 is 0 Å². The second-order valence-corrected chi connectivity index (χ2v) is 9.15. The van der Waals surface area contributed by atoms with E-state index in [1.54, 1.807) is 24.1 Å². The number of ether oxygens (including phenoxy) is 1. The average molecular weight is 472 g/mol. The summed E-state index contributed by atoms with van der Waals surface area (Å²) in [5, 5.41) is 12.9. The molecule has 2 heterocycles. The van der Waals surface area contributed by atoms with Gasteiger partial charge in [-0.25, -0.2) is 4.79 Å². The van der Waals surface area contributed by atoms with E-state index in [2.05, 4.69) is 54.7 Å². The van der Waals surface area contributed by atoms with Crippen LogP contribution in [0.5, 0.6) is 5.75 Å². The first-order valence-electron chi connectivity index (χ1n) is 11.8. The number of nitrogens with one attached hydrogen (secondary N) is 1. The Morgan fingerprint density at radius 3 is 2.54 bits per heavy atom. The molecule has 0 radical (unpaired) electrons. The number of rotatable bonds is 5. The van der Waals surface area contributed by atoms with Crippen LogP contribution < -0.4 is 10.1 Å². The molecule has 3 amide bonds. The Morgan fingerprint density at radius 1 is 1.06 bits per heavy atom. The van der Waals surface area contributed by atoms with E-state index in [9.17, 15) is 14.7 Å². The molecule has 0 aliphatic carbocycles. The van der Waals surface area contributed by atoms with Crippen LogP contribution >= 0.6 is 0 Å². The maximum absolute atomic E-state index is 13.0. The summed E-state index contributed by atoms with van der Waals surface area (Å²) in [5.41, 5.74) is 5.08. The van der Waals surface area contributed by atoms with Crippen LogP contribution in [0.3, 0.4) is 0 Å². The van der Waals surface area contributed by atoms with E-state index in [4.69, 9.17) is 4.74 Å². The quantitative estimate of drug-likeness (QED) is 0.592. The summed E-state index contributed by atoms with van der Waals surface area (Å²) in [4.78, 5) is 29.2. The number of hydrogen-bond donors (Lipinski definition) is 2. The number of hydrogen-bond acceptors (Lipinski definition) is 4. The van der Waals surface area contributed by atoms with Crippen LogP contribution in [0.2, 0.25) is 0 Å². The van der Waals surface area contributed by atoms with Crippen molar-refractivity contribution in [3.63, 3.8) is 0 Å². The molecule has 0 aromatic heterocycles. The fraction of sp³-hybridized carbons (Fsp3) is 0.286. The summed E-state index contributed by atoms with van der Waals surface area (Å²) in [5.74, 6) is 0.363. The molecule has 3 aromatic rings. The van der Waals surface area contributed by atoms with Crippen molar-refractivity contribution in [1.29, 1.82) is 0 Å². The van der Waals surface area contributed by atoms with Crippen LogP contribution in [0.25, 0.3) is 11.1 Å². The zero-order chi connectivity index (χ0) is 24.5. The molecular weight excluding hydrogens is 442 g/mol. The normalized spacial score (nSPS) is 21.2. The number of nitrogens with zero attached hydrogens (tertiary/aromatic N) is 2. The molecule has 2 saturated heterocycles. The second-order valence-electron chi connectivity index (χ2n) is 9.15. The fourth-order valence-electron chi connectivity index (χ4n) is 5.32. The van der Waals surface area contributed by atoms with Crippen LogP contribution in [0.4, 0.5) is 10.5 Å². The number of anilines is 1. The molecule has 0 bridgehead atoms. The number of piperazine rings is 1. The molecule has 180 valence electrons. The van der Waals surface area contributed by atoms with Crippen LogP contribution in [0.15, 0.2) is 72.8 Å². The van der Waals surface area contributed by atoms with Gasteiger partial charge >= 0.3 is 6.03 Å². The van der Waals surface area contributed by atoms with Crippen molar-refractivity contribution in [1.82, 2.24) is 9.80 Å². The second kappa shape index (κ2) is 9.43. The van der Waals surface area contributed by atoms with Gasteiger partial charge in [0.25, 0.3) is 0 Å². The van der Waals surface area contributed by atoms with Gasteiger partial charge in [0.2, 0.25) is 5.91 Å². The standard InChI is InChI=1S/C28H29N3O4/c1-18-6-5-7-21(14-18)19-10-12-20(13-11-19)27-23-15-30(16-26(33)31(23)24(27)17-32)28(34)29-22-8-3-4-9-25(22)35-2/h3-14,23-24,27,32H,15-17H2,1-2H3,(H,29,34)/t23-,24+,27+/m0/s1. The molecule has 2 aliphatic rings. The zero-order valence-corrected chi connectivity index (χ0v) is 19.8. The summed E-state index contributed by atoms with van der Waals surface area (Å²) in [6, 6.07) is 23.0. The highest BCUT2D eigenvalue weighted by atomic mass is 16.5. The largest absolute Gasteiger partial charge is 0.495 e. The maximum atomic E-state index is 13.0. The minimum absolute atomic E-state index is 0.0208. The van der Waals surface area contributed by atoms with Crippen molar-refractivity contribution >= 4 is 17.6 Å². The lowest BCUT2D eigenvalue weighted by molar-refractivity contribution is -0.159. The number of carbonyl (C=O) groups is 2. The van der Waals surface area contributed by atoms with Crippen molar-refractivity contribution in [2.45, 2.75) is 24.9 Å². The molecule has 0 unspecified atom stereocenters. The number of amides is 3. The number of urea groups is 1. The topological polar surface area (TPSA) is 82.1 Å². The zero-order valence-electron chi connectivity index (χ0n) is 19.8. The van der Waals surface area contributed by atoms with E-state index in [0.717, 1.165) is 16.7 Å². The molecular formula is C28H29N3O4. The Morgan fingerprint density at radius 2 is 1.83 bits per heavy atom. The fourth-order valence-corrected chi connectivity index (χ4v) is 5.32. The number of benzene rings is 3. The monoisotopic (exact) mass is 471 g/mol. The van der Waals surface area contributed by atoms with Crippen LogP contribution in [0, 0.1) is 6.92 Å². The number of aryl methyl sites for hydroxylation is 1. The van der Waals surface area contributed by atoms with Gasteiger partial charge in [0, 0.05) is 12.5 Å². The molecule has 7 heteroatoms. The van der Waals surface area contributed by atoms with Crippen molar-refractivity contribution in [3.05, 3.63) is 83.9 Å². The summed E-state index contributed by atoms with van der Waals surface area (Å²) in [7, 11) is 1.55. The van der Waals surface area contributed by atoms with Crippen LogP contribution in [-0.2, 0) is 4.79 Å². The summed E-state index contributed by atoms with van der Waals surface area (Å²) in [6.07, 6.45) is 0. The van der Waals surface area contributed by atoms with Crippen molar-refractivity contribution in [3.8, 4) is 16.9 Å². The number of methoxy groups -OCH3 is 1. The molecule has 3 atom stereocenters. The maximum Gasteiger partial charge on any atom is 0.322 e. The molecule has 0 spiro atoms. The van der Waals surface area contributed by atoms with Gasteiger partial charge in [-0.3, -0.25) is 4.79 Å². The Balaban J connectivity index is 1.34. The van der Waals surface area contributed by atoms with Gasteiger partial charge in [0.15, 0.2) is 0 Å². The van der Waals surface area contributed by atoms with Gasteiger partial charge < -0.3 is 25.0 Å². The first-order chi connectivity index (χ1) is 17.0. The highest BCUT2D eigenvalue weighted by molar-refractivity contribution is 5.94. The number of para-hydroxylation sites is 2. The van der Waals surface area contributed by atoms with Gasteiger partial charge in [0.05, 0.1) is 31.5 Å². The highest BCUT2D eigenvalue weighted by Crippen LogP contribution is 2.43. The van der Waals surface area contributed by atoms with Gasteiger partial charge in [-0.1, -0.05) is 66.2 Å². The minimum Gasteiger partial charge on any atom is -0.495 e. The van der Waals surface area contributed by atoms with E-state index in [1.807, 2.05) is 18.2 Å². The summed E-state index contributed by atoms with van der Waals surface area (Å²) < 4.78 is 5.32. The van der Waals surface area contributed by atoms with E-state index in [0.29, 0.717) is 18.0 Å². The molecule has 2 fully saturated rings. The minimum atomic E-state index is -0.344. The Kier molecular flexibility index (Phi) is 6.17. The van der Waals surface area contributed by atoms with Crippen molar-refractivity contribution < 1.29 is 19.4 Å². The molecule has 0 saturated carbocycles. The SMILES string of the molecule is COc1ccccc1NC(=O)N1CC(=O)N2[C@H](CO)[C@H](c3ccc(-c4cccc(C)c4)cc3)[C@@H]2C1. The first-order valence-corrected chi connectivity index (χ1v) is 11.8. The van der Waals surface area contributed by atoms with Gasteiger partial charge in [0.1, 0.15) is 12.3 Å². The van der Waals surface area contributed by atoms with Gasteiger partial charge in [-0.05, 0) is 35.7 Å². The number of carbonyl (C=O) groups excluding carboxylic acids is 2. The Labute approximate surface area is 204 Å². The van der Waals surface area contributed by atoms with Crippen molar-refractivity contribution in [2.24, 2.45) is 0 Å². The van der Waals surface area contributed by atoms with Crippen LogP contribution in [-0.4, -0.2) is 65.7 Å². The molecule has 2 aliphatic heterocycles. The summed E-state index contributed by atoms with van der Waals surface area (Å²) >= 11 is 0. The number of aliphatic hydroxyl groups is 1. The number of fused-ring (bicyclic) bond motifs is 1. The predicted octanol–water partition coefficient (Wildman–Crippen LogP) is 3.87. The molecule has 5 rings (SSSR count). The predicted molar refractivity (Wildman–Crippen MR) is 134 cm³/mol. The molecule has 7 nitrogen and oxygen atoms in total. The number of aliphatic hydroxyl groups excluding tert-OH is 1. The third-order valence-electron chi connectivity index (χ3n) is 7.04. The summed E-state index contributed by atoms with van der Waals surface area (Å²) in [6.45, 7) is 2.34. The van der Waals surface area contributed by atoms with Gasteiger partial charge in [-0.15, -0.1) is 0 Å². The lowest BCUT2D eigenvalue weighted by Crippen LogP contribution is -2.73. The lowest BCUT2D eigenvalue weighted by atomic mass is 9.73. The third kappa shape index (κ3) is 4.23. The van der Waals surface area contributed by atoms with E-state index in [1.165, 1.54) is 10.5 Å². The average Bonchev–Trinajstić information content (AvgIpc) is 2.86. The molecule has 35 heavy (non-hydrogen) atoms. The Hall–Kier alpha value is -3.84. The van der Waals surface area contributed by atoms with E-state index in [-0.39, 0.29) is 43.1 Å². The lowest BCUT2D eigenvalue weighted by Gasteiger charge is -2.58. The van der Waals surface area contributed by atoms with Crippen LogP contribution in [0.1, 0.15) is 17.0 Å². The van der Waals surface area contributed by atoms with Crippen molar-refractivity contribution in [2.75, 3.05) is 32.1 Å². The highest BCUT2D eigenvalue weighted by Gasteiger charge is 2.54. The third-order valence-corrected chi connectivity index (χ3v) is 7.04. The molecule has 2 N–H and O–H groups in total. The van der Waals surface area contributed by atoms with Gasteiger partial charge in [-0.2, -0.15) is 0 Å². The first kappa shape index (κ1) is 22.9. The smallest absolute Gasteiger partial charge is 0.322 e. The molecule has 3 aromatic carbocycles. The Bertz CT molecular complexity index is 1240.